The number of para-hydroxylation sites is 1. The second-order valence-corrected chi connectivity index (χ2v) is 6.60. The number of nitrogen functional groups attached to an aromatic ring is 1. The van der Waals surface area contributed by atoms with E-state index in [-0.39, 0.29) is 5.95 Å². The molecular formula is C19H19N7O. The first-order chi connectivity index (χ1) is 13.2. The van der Waals surface area contributed by atoms with Crippen LogP contribution < -0.4 is 15.4 Å². The molecule has 1 aliphatic heterocycles. The lowest BCUT2D eigenvalue weighted by molar-refractivity contribution is 0.419. The molecule has 27 heavy (non-hydrogen) atoms. The van der Waals surface area contributed by atoms with Crippen LogP contribution in [0.1, 0.15) is 17.8 Å². The van der Waals surface area contributed by atoms with E-state index >= 15 is 0 Å². The van der Waals surface area contributed by atoms with Gasteiger partial charge in [-0.15, -0.1) is 5.10 Å². The van der Waals surface area contributed by atoms with Crippen molar-refractivity contribution in [2.24, 2.45) is 0 Å². The maximum Gasteiger partial charge on any atom is 0.223 e. The number of nitrogens with two attached hydrogens (primary N) is 1. The molecule has 0 aliphatic carbocycles. The van der Waals surface area contributed by atoms with Gasteiger partial charge >= 0.3 is 0 Å². The van der Waals surface area contributed by atoms with Crippen LogP contribution in [0.4, 0.5) is 11.8 Å². The summed E-state index contributed by atoms with van der Waals surface area (Å²) in [6.45, 7) is 1.51. The van der Waals surface area contributed by atoms with E-state index in [0.717, 1.165) is 30.6 Å². The molecule has 0 spiro atoms. The van der Waals surface area contributed by atoms with Crippen LogP contribution in [0.2, 0.25) is 0 Å². The van der Waals surface area contributed by atoms with Gasteiger partial charge in [0.25, 0.3) is 0 Å². The summed E-state index contributed by atoms with van der Waals surface area (Å²) in [5.74, 6) is 2.66. The number of ether oxygens (including phenoxy) is 1. The molecule has 8 heteroatoms. The molecule has 4 aromatic rings. The van der Waals surface area contributed by atoms with Gasteiger partial charge in [0.2, 0.25) is 5.95 Å². The van der Waals surface area contributed by atoms with E-state index in [1.807, 2.05) is 30.5 Å². The van der Waals surface area contributed by atoms with E-state index in [0.29, 0.717) is 29.3 Å². The smallest absolute Gasteiger partial charge is 0.223 e. The molecule has 2 N–H and O–H groups in total. The number of methoxy groups -OCH3 is 1. The summed E-state index contributed by atoms with van der Waals surface area (Å²) in [6, 6.07) is 9.84. The average Bonchev–Trinajstić information content (AvgIpc) is 3.13. The van der Waals surface area contributed by atoms with Crippen molar-refractivity contribution < 1.29 is 4.74 Å². The van der Waals surface area contributed by atoms with Crippen molar-refractivity contribution in [2.45, 2.75) is 19.4 Å². The molecule has 0 saturated heterocycles. The Hall–Kier alpha value is -3.42. The Kier molecular flexibility index (Phi) is 3.56. The van der Waals surface area contributed by atoms with Crippen LogP contribution in [0.25, 0.3) is 16.6 Å². The van der Waals surface area contributed by atoms with Gasteiger partial charge in [-0.1, -0.05) is 12.1 Å². The third-order valence-electron chi connectivity index (χ3n) is 4.93. The second kappa shape index (κ2) is 6.08. The van der Waals surface area contributed by atoms with Crippen LogP contribution in [0.3, 0.4) is 0 Å². The van der Waals surface area contributed by atoms with Gasteiger partial charge in [0.1, 0.15) is 17.1 Å². The number of aryl methyl sites for hydroxylation is 1. The summed E-state index contributed by atoms with van der Waals surface area (Å²) >= 11 is 0. The molecule has 0 radical (unpaired) electrons. The van der Waals surface area contributed by atoms with Gasteiger partial charge < -0.3 is 15.4 Å². The minimum Gasteiger partial charge on any atom is -0.494 e. The number of hydrogen-bond acceptors (Lipinski definition) is 7. The van der Waals surface area contributed by atoms with Crippen LogP contribution in [-0.4, -0.2) is 38.2 Å². The van der Waals surface area contributed by atoms with Gasteiger partial charge in [0, 0.05) is 18.1 Å². The van der Waals surface area contributed by atoms with Crippen LogP contribution >= 0.6 is 0 Å². The van der Waals surface area contributed by atoms with Crippen molar-refractivity contribution in [1.82, 2.24) is 24.6 Å². The number of rotatable bonds is 3. The fourth-order valence-electron chi connectivity index (χ4n) is 3.70. The standard InChI is InChI=1S/C19H19N7O/c1-27-14-8-2-7-13-16(14)23-19(20)26-18(13)22-15(24-26)11-25-10-4-6-12-5-3-9-21-17(12)25/h2-3,5,7-9H,4,6,10-11H2,1H3,(H2,20,23). The van der Waals surface area contributed by atoms with Crippen molar-refractivity contribution >= 4 is 28.3 Å². The van der Waals surface area contributed by atoms with E-state index in [1.165, 1.54) is 5.56 Å². The third-order valence-corrected chi connectivity index (χ3v) is 4.93. The summed E-state index contributed by atoms with van der Waals surface area (Å²) in [5.41, 5.74) is 8.78. The molecule has 0 bridgehead atoms. The summed E-state index contributed by atoms with van der Waals surface area (Å²) in [6.07, 6.45) is 3.98. The lowest BCUT2D eigenvalue weighted by Crippen LogP contribution is -2.30. The first-order valence-electron chi connectivity index (χ1n) is 8.91. The van der Waals surface area contributed by atoms with Crippen LogP contribution in [0.15, 0.2) is 36.5 Å². The van der Waals surface area contributed by atoms with Crippen molar-refractivity contribution in [1.29, 1.82) is 0 Å². The van der Waals surface area contributed by atoms with Crippen molar-refractivity contribution in [3.63, 3.8) is 0 Å². The van der Waals surface area contributed by atoms with E-state index in [9.17, 15) is 0 Å². The van der Waals surface area contributed by atoms with E-state index in [1.54, 1.807) is 11.6 Å². The Labute approximate surface area is 155 Å². The molecule has 1 aromatic carbocycles. The summed E-state index contributed by atoms with van der Waals surface area (Å²) in [4.78, 5) is 16.0. The molecule has 3 aromatic heterocycles. The zero-order chi connectivity index (χ0) is 18.4. The Balaban J connectivity index is 1.60. The van der Waals surface area contributed by atoms with E-state index < -0.39 is 0 Å². The third kappa shape index (κ3) is 2.52. The molecule has 0 fully saturated rings. The Morgan fingerprint density at radius 1 is 1.19 bits per heavy atom. The number of nitrogens with zero attached hydrogens (tertiary/aromatic N) is 6. The topological polar surface area (TPSA) is 94.5 Å². The predicted molar refractivity (Wildman–Crippen MR) is 103 cm³/mol. The largest absolute Gasteiger partial charge is 0.494 e. The van der Waals surface area contributed by atoms with Crippen molar-refractivity contribution in [3.05, 3.63) is 47.9 Å². The van der Waals surface area contributed by atoms with Gasteiger partial charge in [-0.2, -0.15) is 4.52 Å². The maximum atomic E-state index is 6.14. The van der Waals surface area contributed by atoms with Crippen molar-refractivity contribution in [2.75, 3.05) is 24.3 Å². The van der Waals surface area contributed by atoms with Crippen molar-refractivity contribution in [3.8, 4) is 5.75 Å². The number of benzene rings is 1. The highest BCUT2D eigenvalue weighted by Crippen LogP contribution is 2.29. The SMILES string of the molecule is COc1cccc2c1nc(N)n1nc(CN3CCCc4cccnc43)nc21. The maximum absolute atomic E-state index is 6.14. The molecule has 8 nitrogen and oxygen atoms in total. The minimum atomic E-state index is 0.290. The van der Waals surface area contributed by atoms with E-state index in [2.05, 4.69) is 26.0 Å². The number of aromatic nitrogens is 5. The van der Waals surface area contributed by atoms with Gasteiger partial charge in [0.05, 0.1) is 13.7 Å². The van der Waals surface area contributed by atoms with Gasteiger partial charge in [-0.05, 0) is 36.6 Å². The average molecular weight is 361 g/mol. The zero-order valence-electron chi connectivity index (χ0n) is 15.0. The monoisotopic (exact) mass is 361 g/mol. The molecule has 4 heterocycles. The summed E-state index contributed by atoms with van der Waals surface area (Å²) in [7, 11) is 1.62. The number of fused-ring (bicyclic) bond motifs is 4. The molecule has 0 saturated carbocycles. The Morgan fingerprint density at radius 2 is 2.11 bits per heavy atom. The molecule has 0 amide bonds. The molecule has 0 atom stereocenters. The highest BCUT2D eigenvalue weighted by atomic mass is 16.5. The predicted octanol–water partition coefficient (Wildman–Crippen LogP) is 2.22. The first-order valence-corrected chi connectivity index (χ1v) is 8.91. The fraction of sp³-hybridized carbons (Fsp3) is 0.263. The Morgan fingerprint density at radius 3 is 3.00 bits per heavy atom. The highest BCUT2D eigenvalue weighted by molar-refractivity contribution is 5.95. The molecule has 0 unspecified atom stereocenters. The first kappa shape index (κ1) is 15.8. The molecule has 1 aliphatic rings. The lowest BCUT2D eigenvalue weighted by atomic mass is 10.1. The number of anilines is 2. The highest BCUT2D eigenvalue weighted by Gasteiger charge is 2.21. The molecular weight excluding hydrogens is 342 g/mol. The van der Waals surface area contributed by atoms with Gasteiger partial charge in [-0.3, -0.25) is 0 Å². The lowest BCUT2D eigenvalue weighted by Gasteiger charge is -2.28. The van der Waals surface area contributed by atoms with E-state index in [4.69, 9.17) is 15.5 Å². The summed E-state index contributed by atoms with van der Waals surface area (Å²) < 4.78 is 7.00. The van der Waals surface area contributed by atoms with Gasteiger partial charge in [-0.25, -0.2) is 15.0 Å². The zero-order valence-corrected chi connectivity index (χ0v) is 15.0. The number of hydrogen-bond donors (Lipinski definition) is 1. The quantitative estimate of drug-likeness (QED) is 0.598. The second-order valence-electron chi connectivity index (χ2n) is 6.60. The van der Waals surface area contributed by atoms with Crippen LogP contribution in [-0.2, 0) is 13.0 Å². The number of pyridine rings is 1. The molecule has 5 rings (SSSR count). The normalized spacial score (nSPS) is 13.9. The van der Waals surface area contributed by atoms with Crippen LogP contribution in [0, 0.1) is 0 Å². The Bertz CT molecular complexity index is 1150. The van der Waals surface area contributed by atoms with Gasteiger partial charge in [0.15, 0.2) is 11.5 Å². The fourth-order valence-corrected chi connectivity index (χ4v) is 3.70. The minimum absolute atomic E-state index is 0.290. The summed E-state index contributed by atoms with van der Waals surface area (Å²) in [5, 5.41) is 5.45. The van der Waals surface area contributed by atoms with Crippen LogP contribution in [0.5, 0.6) is 5.75 Å². The molecule has 136 valence electrons.